The van der Waals surface area contributed by atoms with Gasteiger partial charge in [-0.25, -0.2) is 4.98 Å². The van der Waals surface area contributed by atoms with Gasteiger partial charge in [0.15, 0.2) is 0 Å². The van der Waals surface area contributed by atoms with Gasteiger partial charge in [0.25, 0.3) is 0 Å². The summed E-state index contributed by atoms with van der Waals surface area (Å²) < 4.78 is 38.8. The van der Waals surface area contributed by atoms with Gasteiger partial charge in [0, 0.05) is 5.38 Å². The van der Waals surface area contributed by atoms with Crippen LogP contribution in [0.3, 0.4) is 0 Å². The molecule has 0 amide bonds. The Balaban J connectivity index is 2.50. The average molecular weight is 272 g/mol. The molecule has 0 radical (unpaired) electrons. The number of halogens is 3. The van der Waals surface area contributed by atoms with E-state index < -0.39 is 17.8 Å². The molecule has 1 heterocycles. The van der Waals surface area contributed by atoms with E-state index in [0.717, 1.165) is 6.07 Å². The van der Waals surface area contributed by atoms with Crippen molar-refractivity contribution >= 4 is 11.3 Å². The van der Waals surface area contributed by atoms with Gasteiger partial charge in [0.2, 0.25) is 0 Å². The fourth-order valence-corrected chi connectivity index (χ4v) is 2.41. The summed E-state index contributed by atoms with van der Waals surface area (Å²) in [5, 5.41) is 4.62. The molecule has 2 rings (SSSR count). The Morgan fingerprint density at radius 3 is 2.56 bits per heavy atom. The van der Waals surface area contributed by atoms with Crippen LogP contribution in [0.5, 0.6) is 0 Å². The van der Waals surface area contributed by atoms with Crippen molar-refractivity contribution < 1.29 is 13.2 Å². The number of benzene rings is 1. The maximum Gasteiger partial charge on any atom is 0.416 e. The maximum absolute atomic E-state index is 12.9. The Labute approximate surface area is 106 Å². The number of alkyl halides is 3. The van der Waals surface area contributed by atoms with Crippen LogP contribution in [-0.2, 0) is 6.18 Å². The molecular formula is C12H11F3N2S. The highest BCUT2D eigenvalue weighted by molar-refractivity contribution is 7.07. The van der Waals surface area contributed by atoms with Crippen molar-refractivity contribution in [1.82, 2.24) is 10.3 Å². The van der Waals surface area contributed by atoms with E-state index in [9.17, 15) is 13.2 Å². The third kappa shape index (κ3) is 2.54. The quantitative estimate of drug-likeness (QED) is 0.925. The van der Waals surface area contributed by atoms with Crippen LogP contribution in [0.25, 0.3) is 0 Å². The Hall–Kier alpha value is -1.40. The molecule has 0 aliphatic heterocycles. The number of hydrogen-bond acceptors (Lipinski definition) is 3. The highest BCUT2D eigenvalue weighted by atomic mass is 32.1. The summed E-state index contributed by atoms with van der Waals surface area (Å²) in [6, 6.07) is 5.01. The summed E-state index contributed by atoms with van der Waals surface area (Å²) in [7, 11) is 1.62. The van der Waals surface area contributed by atoms with Gasteiger partial charge in [-0.2, -0.15) is 13.2 Å². The lowest BCUT2D eigenvalue weighted by molar-refractivity contribution is -0.138. The zero-order valence-electron chi connectivity index (χ0n) is 9.53. The minimum Gasteiger partial charge on any atom is -0.308 e. The van der Waals surface area contributed by atoms with Gasteiger partial charge in [-0.3, -0.25) is 0 Å². The molecule has 1 atom stereocenters. The van der Waals surface area contributed by atoms with E-state index in [-0.39, 0.29) is 5.56 Å². The van der Waals surface area contributed by atoms with Crippen molar-refractivity contribution in [2.45, 2.75) is 12.2 Å². The molecule has 1 N–H and O–H groups in total. The normalized spacial score (nSPS) is 13.6. The van der Waals surface area contributed by atoms with Crippen molar-refractivity contribution in [2.75, 3.05) is 7.05 Å². The summed E-state index contributed by atoms with van der Waals surface area (Å²) in [5.74, 6) is 0. The van der Waals surface area contributed by atoms with Gasteiger partial charge in [0.1, 0.15) is 0 Å². The highest BCUT2D eigenvalue weighted by Gasteiger charge is 2.35. The number of nitrogens with one attached hydrogen (secondary N) is 1. The molecule has 18 heavy (non-hydrogen) atoms. The van der Waals surface area contributed by atoms with Gasteiger partial charge < -0.3 is 5.32 Å². The van der Waals surface area contributed by atoms with Crippen LogP contribution in [0.4, 0.5) is 13.2 Å². The SMILES string of the molecule is CNC(c1cscn1)c1ccccc1C(F)(F)F. The molecule has 1 aromatic carbocycles. The first kappa shape index (κ1) is 13.0. The zero-order valence-corrected chi connectivity index (χ0v) is 10.3. The van der Waals surface area contributed by atoms with Crippen LogP contribution in [-0.4, -0.2) is 12.0 Å². The van der Waals surface area contributed by atoms with E-state index in [2.05, 4.69) is 10.3 Å². The molecule has 0 aliphatic carbocycles. The standard InChI is InChI=1S/C12H11F3N2S/c1-16-11(10-6-18-7-17-10)8-4-2-3-5-9(8)12(13,14)15/h2-7,11,16H,1H3. The number of thiazole rings is 1. The van der Waals surface area contributed by atoms with E-state index in [1.165, 1.54) is 23.5 Å². The second-order valence-electron chi connectivity index (χ2n) is 3.72. The minimum absolute atomic E-state index is 0.193. The summed E-state index contributed by atoms with van der Waals surface area (Å²) in [6.45, 7) is 0. The Morgan fingerprint density at radius 2 is 2.00 bits per heavy atom. The molecule has 0 saturated carbocycles. The molecule has 1 unspecified atom stereocenters. The Bertz CT molecular complexity index is 508. The Morgan fingerprint density at radius 1 is 1.28 bits per heavy atom. The first-order chi connectivity index (χ1) is 8.54. The summed E-state index contributed by atoms with van der Waals surface area (Å²) in [4.78, 5) is 4.08. The lowest BCUT2D eigenvalue weighted by atomic mass is 9.98. The van der Waals surface area contributed by atoms with Crippen molar-refractivity contribution in [1.29, 1.82) is 0 Å². The van der Waals surface area contributed by atoms with E-state index in [1.54, 1.807) is 24.0 Å². The molecule has 0 spiro atoms. The van der Waals surface area contributed by atoms with E-state index in [1.807, 2.05) is 0 Å². The number of aromatic nitrogens is 1. The van der Waals surface area contributed by atoms with Crippen LogP contribution in [0, 0.1) is 0 Å². The predicted octanol–water partition coefficient (Wildman–Crippen LogP) is 3.47. The van der Waals surface area contributed by atoms with Gasteiger partial charge in [-0.15, -0.1) is 11.3 Å². The fraction of sp³-hybridized carbons (Fsp3) is 0.250. The predicted molar refractivity (Wildman–Crippen MR) is 64.5 cm³/mol. The van der Waals surface area contributed by atoms with Gasteiger partial charge in [-0.1, -0.05) is 18.2 Å². The summed E-state index contributed by atoms with van der Waals surface area (Å²) >= 11 is 1.36. The molecule has 1 aromatic heterocycles. The molecule has 0 fully saturated rings. The maximum atomic E-state index is 12.9. The molecule has 0 bridgehead atoms. The average Bonchev–Trinajstić information content (AvgIpc) is 2.83. The lowest BCUT2D eigenvalue weighted by Crippen LogP contribution is -2.22. The van der Waals surface area contributed by atoms with Gasteiger partial charge in [0.05, 0.1) is 22.8 Å². The number of hydrogen-bond donors (Lipinski definition) is 1. The third-order valence-electron chi connectivity index (χ3n) is 2.61. The molecular weight excluding hydrogens is 261 g/mol. The molecule has 0 aliphatic rings. The van der Waals surface area contributed by atoms with Crippen molar-refractivity contribution in [3.05, 3.63) is 52.0 Å². The van der Waals surface area contributed by atoms with Crippen LogP contribution >= 0.6 is 11.3 Å². The van der Waals surface area contributed by atoms with Gasteiger partial charge in [-0.05, 0) is 18.7 Å². The molecule has 0 saturated heterocycles. The number of nitrogens with zero attached hydrogens (tertiary/aromatic N) is 1. The third-order valence-corrected chi connectivity index (χ3v) is 3.22. The topological polar surface area (TPSA) is 24.9 Å². The largest absolute Gasteiger partial charge is 0.416 e. The van der Waals surface area contributed by atoms with Crippen LogP contribution in [0.15, 0.2) is 35.2 Å². The molecule has 96 valence electrons. The highest BCUT2D eigenvalue weighted by Crippen LogP contribution is 2.36. The smallest absolute Gasteiger partial charge is 0.308 e. The van der Waals surface area contributed by atoms with Crippen LogP contribution < -0.4 is 5.32 Å². The van der Waals surface area contributed by atoms with Crippen LogP contribution in [0.2, 0.25) is 0 Å². The van der Waals surface area contributed by atoms with E-state index in [4.69, 9.17) is 0 Å². The van der Waals surface area contributed by atoms with Gasteiger partial charge >= 0.3 is 6.18 Å². The summed E-state index contributed by atoms with van der Waals surface area (Å²) in [5.41, 5.74) is 1.77. The fourth-order valence-electron chi connectivity index (χ4n) is 1.83. The first-order valence-electron chi connectivity index (χ1n) is 5.25. The summed E-state index contributed by atoms with van der Waals surface area (Å²) in [6.07, 6.45) is -4.36. The second kappa shape index (κ2) is 5.07. The van der Waals surface area contributed by atoms with E-state index in [0.29, 0.717) is 5.69 Å². The van der Waals surface area contributed by atoms with Crippen molar-refractivity contribution in [2.24, 2.45) is 0 Å². The minimum atomic E-state index is -4.36. The van der Waals surface area contributed by atoms with E-state index >= 15 is 0 Å². The first-order valence-corrected chi connectivity index (χ1v) is 6.20. The second-order valence-corrected chi connectivity index (χ2v) is 4.44. The Kier molecular flexibility index (Phi) is 3.68. The molecule has 2 aromatic rings. The monoisotopic (exact) mass is 272 g/mol. The lowest BCUT2D eigenvalue weighted by Gasteiger charge is -2.19. The zero-order chi connectivity index (χ0) is 13.2. The van der Waals surface area contributed by atoms with Crippen molar-refractivity contribution in [3.63, 3.8) is 0 Å². The number of rotatable bonds is 3. The molecule has 2 nitrogen and oxygen atoms in total. The van der Waals surface area contributed by atoms with Crippen molar-refractivity contribution in [3.8, 4) is 0 Å². The molecule has 6 heteroatoms. The van der Waals surface area contributed by atoms with Crippen LogP contribution in [0.1, 0.15) is 22.9 Å².